The fourth-order valence-corrected chi connectivity index (χ4v) is 7.70. The molecule has 0 radical (unpaired) electrons. The largest absolute Gasteiger partial charge is 0.496 e. The summed E-state index contributed by atoms with van der Waals surface area (Å²) in [5, 5.41) is 25.8. The summed E-state index contributed by atoms with van der Waals surface area (Å²) in [5.74, 6) is -0.460. The Morgan fingerprint density at radius 2 is 1.79 bits per heavy atom. The number of nitrogens with one attached hydrogen (secondary N) is 2. The number of carboxylic acids is 1. The van der Waals surface area contributed by atoms with Crippen LogP contribution in [0.25, 0.3) is 0 Å². The van der Waals surface area contributed by atoms with Gasteiger partial charge in [0.1, 0.15) is 17.6 Å². The van der Waals surface area contributed by atoms with Crippen LogP contribution in [0.15, 0.2) is 12.1 Å². The average Bonchev–Trinajstić information content (AvgIpc) is 3.59. The maximum atomic E-state index is 13.8. The molecule has 0 aliphatic heterocycles. The standard InChI is InChI=1S/C33H45N3O7/c1-4-42-19-33(10-5-11-33)18-35-30(38)27-20-6-7-21(14-20)28(27)36-29(37)24-16-25(22(17-34)15-26(24)41-3)43-23-8-12-32(2,13-9-23)31(39)40/h15-16,20-21,23,27-28H,4-14,18-19H2,1-3H3,(H,35,38)(H,36,37)(H,39,40)/t20-,21+,23-,27+,28-,32+/m1/s1. The molecule has 234 valence electrons. The van der Waals surface area contributed by atoms with Crippen LogP contribution in [0, 0.1) is 39.9 Å². The van der Waals surface area contributed by atoms with Crippen molar-refractivity contribution < 1.29 is 33.7 Å². The number of carboxylic acid groups (broad SMARTS) is 1. The first-order valence-corrected chi connectivity index (χ1v) is 15.8. The second kappa shape index (κ2) is 12.7. The van der Waals surface area contributed by atoms with E-state index in [1.54, 1.807) is 13.0 Å². The minimum absolute atomic E-state index is 0.00162. The molecule has 1 aromatic carbocycles. The smallest absolute Gasteiger partial charge is 0.309 e. The van der Waals surface area contributed by atoms with Crippen molar-refractivity contribution in [2.24, 2.45) is 28.6 Å². The van der Waals surface area contributed by atoms with Crippen molar-refractivity contribution in [3.8, 4) is 17.6 Å². The second-order valence-corrected chi connectivity index (χ2v) is 13.4. The summed E-state index contributed by atoms with van der Waals surface area (Å²) >= 11 is 0. The molecule has 5 rings (SSSR count). The Kier molecular flexibility index (Phi) is 9.21. The normalized spacial score (nSPS) is 30.5. The molecule has 4 saturated carbocycles. The molecular formula is C33H45N3O7. The Labute approximate surface area is 253 Å². The lowest BCUT2D eigenvalue weighted by Gasteiger charge is -2.42. The highest BCUT2D eigenvalue weighted by atomic mass is 16.5. The topological polar surface area (TPSA) is 147 Å². The molecule has 4 atom stereocenters. The third kappa shape index (κ3) is 6.33. The number of amides is 2. The Morgan fingerprint density at radius 3 is 2.40 bits per heavy atom. The zero-order chi connectivity index (χ0) is 30.8. The van der Waals surface area contributed by atoms with Crippen LogP contribution < -0.4 is 20.1 Å². The number of nitriles is 1. The van der Waals surface area contributed by atoms with E-state index in [9.17, 15) is 24.8 Å². The fourth-order valence-electron chi connectivity index (χ4n) is 7.70. The van der Waals surface area contributed by atoms with E-state index in [1.807, 2.05) is 6.92 Å². The van der Waals surface area contributed by atoms with Gasteiger partial charge < -0.3 is 30.0 Å². The number of methoxy groups -OCH3 is 1. The van der Waals surface area contributed by atoms with E-state index < -0.39 is 11.4 Å². The molecule has 10 heteroatoms. The minimum Gasteiger partial charge on any atom is -0.496 e. The van der Waals surface area contributed by atoms with Crippen LogP contribution >= 0.6 is 0 Å². The van der Waals surface area contributed by atoms with E-state index in [0.29, 0.717) is 45.4 Å². The van der Waals surface area contributed by atoms with Crippen molar-refractivity contribution in [1.82, 2.24) is 10.6 Å². The van der Waals surface area contributed by atoms with E-state index in [2.05, 4.69) is 16.7 Å². The number of ether oxygens (including phenoxy) is 3. The molecule has 4 fully saturated rings. The average molecular weight is 596 g/mol. The minimum atomic E-state index is -0.812. The van der Waals surface area contributed by atoms with Gasteiger partial charge in [-0.25, -0.2) is 0 Å². The zero-order valence-electron chi connectivity index (χ0n) is 25.6. The van der Waals surface area contributed by atoms with Crippen molar-refractivity contribution >= 4 is 17.8 Å². The monoisotopic (exact) mass is 595 g/mol. The number of aliphatic carboxylic acids is 1. The van der Waals surface area contributed by atoms with Crippen molar-refractivity contribution in [3.05, 3.63) is 23.3 Å². The molecule has 3 N–H and O–H groups in total. The third-order valence-corrected chi connectivity index (χ3v) is 10.7. The predicted octanol–water partition coefficient (Wildman–Crippen LogP) is 4.45. The van der Waals surface area contributed by atoms with Gasteiger partial charge in [0.2, 0.25) is 5.91 Å². The van der Waals surface area contributed by atoms with Crippen LogP contribution in [0.3, 0.4) is 0 Å². The molecule has 2 amide bonds. The zero-order valence-corrected chi connectivity index (χ0v) is 25.6. The molecule has 2 bridgehead atoms. The van der Waals surface area contributed by atoms with Crippen LogP contribution in [-0.4, -0.2) is 61.9 Å². The molecule has 0 saturated heterocycles. The number of hydrogen-bond acceptors (Lipinski definition) is 7. The number of nitrogens with zero attached hydrogens (tertiary/aromatic N) is 1. The Morgan fingerprint density at radius 1 is 1.07 bits per heavy atom. The quantitative estimate of drug-likeness (QED) is 0.321. The highest BCUT2D eigenvalue weighted by Crippen LogP contribution is 2.49. The van der Waals surface area contributed by atoms with Crippen molar-refractivity contribution in [3.63, 3.8) is 0 Å². The summed E-state index contributed by atoms with van der Waals surface area (Å²) < 4.78 is 17.4. The summed E-state index contributed by atoms with van der Waals surface area (Å²) in [6.07, 6.45) is 7.88. The molecule has 0 heterocycles. The van der Waals surface area contributed by atoms with Crippen molar-refractivity contribution in [2.45, 2.75) is 90.2 Å². The van der Waals surface area contributed by atoms with Gasteiger partial charge in [-0.1, -0.05) is 6.42 Å². The van der Waals surface area contributed by atoms with Gasteiger partial charge in [-0.15, -0.1) is 0 Å². The van der Waals surface area contributed by atoms with Crippen molar-refractivity contribution in [2.75, 3.05) is 26.9 Å². The molecule has 0 aromatic heterocycles. The van der Waals surface area contributed by atoms with Crippen LogP contribution in [0.5, 0.6) is 11.5 Å². The number of rotatable bonds is 12. The van der Waals surface area contributed by atoms with Gasteiger partial charge in [0.25, 0.3) is 5.91 Å². The Hall–Kier alpha value is -3.32. The third-order valence-electron chi connectivity index (χ3n) is 10.7. The molecular weight excluding hydrogens is 550 g/mol. The van der Waals surface area contributed by atoms with Gasteiger partial charge >= 0.3 is 5.97 Å². The van der Waals surface area contributed by atoms with Crippen LogP contribution in [0.2, 0.25) is 0 Å². The number of carbonyl (C=O) groups is 3. The summed E-state index contributed by atoms with van der Waals surface area (Å²) in [6, 6.07) is 4.91. The number of benzene rings is 1. The van der Waals surface area contributed by atoms with Gasteiger partial charge in [0.15, 0.2) is 0 Å². The van der Waals surface area contributed by atoms with E-state index in [-0.39, 0.29) is 69.8 Å². The molecule has 4 aliphatic carbocycles. The maximum absolute atomic E-state index is 13.8. The highest BCUT2D eigenvalue weighted by Gasteiger charge is 2.52. The molecule has 1 aromatic rings. The maximum Gasteiger partial charge on any atom is 0.309 e. The second-order valence-electron chi connectivity index (χ2n) is 13.4. The van der Waals surface area contributed by atoms with Gasteiger partial charge in [-0.05, 0) is 89.5 Å². The van der Waals surface area contributed by atoms with Crippen molar-refractivity contribution in [1.29, 1.82) is 5.26 Å². The summed E-state index contributed by atoms with van der Waals surface area (Å²) in [5.41, 5.74) is -0.281. The highest BCUT2D eigenvalue weighted by molar-refractivity contribution is 5.98. The lowest BCUT2D eigenvalue weighted by Crippen LogP contribution is -2.52. The van der Waals surface area contributed by atoms with Gasteiger partial charge in [0.05, 0.1) is 42.3 Å². The first-order valence-electron chi connectivity index (χ1n) is 15.8. The molecule has 43 heavy (non-hydrogen) atoms. The van der Waals surface area contributed by atoms with Crippen LogP contribution in [0.1, 0.15) is 94.0 Å². The first kappa shape index (κ1) is 31.1. The van der Waals surface area contributed by atoms with Gasteiger partial charge in [-0.2, -0.15) is 5.26 Å². The van der Waals surface area contributed by atoms with E-state index in [0.717, 1.165) is 38.5 Å². The number of fused-ring (bicyclic) bond motifs is 2. The molecule has 0 spiro atoms. The van der Waals surface area contributed by atoms with Crippen LogP contribution in [0.4, 0.5) is 0 Å². The SMILES string of the molecule is CCOCC1(CNC(=O)[C@H]2[C@@H]3CC[C@@H](C3)[C@H]2NC(=O)c2cc(O[C@H]3CC[C@@](C)(C(=O)O)CC3)c(C#N)cc2OC)CCC1. The summed E-state index contributed by atoms with van der Waals surface area (Å²) in [7, 11) is 1.45. The fraction of sp³-hybridized carbons (Fsp3) is 0.697. The summed E-state index contributed by atoms with van der Waals surface area (Å²) in [4.78, 5) is 39.0. The molecule has 0 unspecified atom stereocenters. The first-order chi connectivity index (χ1) is 20.6. The Balaban J connectivity index is 1.29. The number of hydrogen-bond donors (Lipinski definition) is 3. The predicted molar refractivity (Wildman–Crippen MR) is 158 cm³/mol. The molecule has 10 nitrogen and oxygen atoms in total. The van der Waals surface area contributed by atoms with Crippen LogP contribution in [-0.2, 0) is 14.3 Å². The van der Waals surface area contributed by atoms with Gasteiger partial charge in [-0.3, -0.25) is 14.4 Å². The number of carbonyl (C=O) groups excluding carboxylic acids is 2. The van der Waals surface area contributed by atoms with E-state index in [1.165, 1.54) is 13.2 Å². The lowest BCUT2D eigenvalue weighted by atomic mass is 9.69. The lowest BCUT2D eigenvalue weighted by molar-refractivity contribution is -0.150. The molecule has 4 aliphatic rings. The van der Waals surface area contributed by atoms with Gasteiger partial charge in [0, 0.05) is 30.7 Å². The van der Waals surface area contributed by atoms with E-state index >= 15 is 0 Å². The van der Waals surface area contributed by atoms with E-state index in [4.69, 9.17) is 14.2 Å². The summed E-state index contributed by atoms with van der Waals surface area (Å²) in [6.45, 7) is 5.64. The Bertz CT molecular complexity index is 1260.